The topological polar surface area (TPSA) is 87.9 Å². The van der Waals surface area contributed by atoms with Crippen molar-refractivity contribution >= 4 is 23.3 Å². The van der Waals surface area contributed by atoms with E-state index >= 15 is 0 Å². The Labute approximate surface area is 165 Å². The van der Waals surface area contributed by atoms with Gasteiger partial charge >= 0.3 is 11.9 Å². The molecule has 0 aliphatic carbocycles. The highest BCUT2D eigenvalue weighted by molar-refractivity contribution is 7.09. The molecule has 0 radical (unpaired) electrons. The highest BCUT2D eigenvalue weighted by Crippen LogP contribution is 2.19. The maximum Gasteiger partial charge on any atom is 0.374 e. The molecule has 3 rings (SSSR count). The third-order valence-electron chi connectivity index (χ3n) is 3.83. The number of hydrogen-bond donors (Lipinski definition) is 0. The standard InChI is InChI=1S/C20H19NO6S/c1-12-4-6-14(7-5-12)25-10-17-21-16(11-28-17)19(22)26-9-15-8-13(2)18(27-15)20(23)24-3/h4-8,11H,9-10H2,1-3H3. The SMILES string of the molecule is COC(=O)c1oc(COC(=O)c2csc(COc3ccc(C)cc3)n2)cc1C. The molecule has 0 saturated heterocycles. The van der Waals surface area contributed by atoms with Gasteiger partial charge in [-0.3, -0.25) is 0 Å². The minimum atomic E-state index is -0.577. The third-order valence-corrected chi connectivity index (χ3v) is 4.65. The lowest BCUT2D eigenvalue weighted by Gasteiger charge is -2.04. The van der Waals surface area contributed by atoms with Crippen LogP contribution in [0, 0.1) is 13.8 Å². The Bertz CT molecular complexity index is 973. The summed E-state index contributed by atoms with van der Waals surface area (Å²) in [6.45, 7) is 3.87. The molecule has 8 heteroatoms. The van der Waals surface area contributed by atoms with Gasteiger partial charge in [-0.2, -0.15) is 0 Å². The molecule has 0 spiro atoms. The van der Waals surface area contributed by atoms with Crippen LogP contribution in [-0.2, 0) is 22.7 Å². The minimum absolute atomic E-state index is 0.0951. The average molecular weight is 401 g/mol. The first-order valence-electron chi connectivity index (χ1n) is 8.45. The zero-order chi connectivity index (χ0) is 20.1. The monoisotopic (exact) mass is 401 g/mol. The molecule has 0 fully saturated rings. The first-order chi connectivity index (χ1) is 13.5. The zero-order valence-corrected chi connectivity index (χ0v) is 16.5. The van der Waals surface area contributed by atoms with E-state index in [1.165, 1.54) is 18.4 Å². The van der Waals surface area contributed by atoms with E-state index in [9.17, 15) is 9.59 Å². The first kappa shape index (κ1) is 19.6. The van der Waals surface area contributed by atoms with Crippen LogP contribution in [0.15, 0.2) is 40.1 Å². The molecule has 0 N–H and O–H groups in total. The third kappa shape index (κ3) is 4.77. The van der Waals surface area contributed by atoms with Gasteiger partial charge < -0.3 is 18.6 Å². The van der Waals surface area contributed by atoms with Crippen LogP contribution in [0.3, 0.4) is 0 Å². The Hall–Kier alpha value is -3.13. The predicted octanol–water partition coefficient (Wildman–Crippen LogP) is 4.08. The fourth-order valence-corrected chi connectivity index (χ4v) is 3.05. The summed E-state index contributed by atoms with van der Waals surface area (Å²) >= 11 is 1.31. The van der Waals surface area contributed by atoms with Crippen LogP contribution in [-0.4, -0.2) is 24.0 Å². The molecular weight excluding hydrogens is 382 g/mol. The van der Waals surface area contributed by atoms with E-state index in [2.05, 4.69) is 9.72 Å². The van der Waals surface area contributed by atoms with E-state index in [1.54, 1.807) is 18.4 Å². The van der Waals surface area contributed by atoms with Gasteiger partial charge in [0.15, 0.2) is 5.69 Å². The Morgan fingerprint density at radius 2 is 1.86 bits per heavy atom. The number of carbonyl (C=O) groups excluding carboxylic acids is 2. The number of thiazole rings is 1. The van der Waals surface area contributed by atoms with Gasteiger partial charge in [0, 0.05) is 10.9 Å². The molecule has 0 saturated carbocycles. The number of hydrogen-bond acceptors (Lipinski definition) is 8. The maximum atomic E-state index is 12.2. The summed E-state index contributed by atoms with van der Waals surface area (Å²) in [6.07, 6.45) is 0. The summed E-state index contributed by atoms with van der Waals surface area (Å²) in [6, 6.07) is 9.31. The van der Waals surface area contributed by atoms with Gasteiger partial charge in [0.2, 0.25) is 5.76 Å². The van der Waals surface area contributed by atoms with E-state index in [0.717, 1.165) is 11.3 Å². The molecule has 2 aromatic heterocycles. The van der Waals surface area contributed by atoms with Gasteiger partial charge in [0.1, 0.15) is 29.7 Å². The van der Waals surface area contributed by atoms with Gasteiger partial charge in [-0.15, -0.1) is 11.3 Å². The van der Waals surface area contributed by atoms with Crippen molar-refractivity contribution < 1.29 is 28.2 Å². The number of benzene rings is 1. The molecular formula is C20H19NO6S. The van der Waals surface area contributed by atoms with E-state index in [1.807, 2.05) is 31.2 Å². The number of methoxy groups -OCH3 is 1. The van der Waals surface area contributed by atoms with Crippen molar-refractivity contribution in [3.8, 4) is 5.75 Å². The minimum Gasteiger partial charge on any atom is -0.486 e. The first-order valence-corrected chi connectivity index (χ1v) is 9.33. The fourth-order valence-electron chi connectivity index (χ4n) is 2.38. The lowest BCUT2D eigenvalue weighted by atomic mass is 10.2. The van der Waals surface area contributed by atoms with Crippen LogP contribution in [0.4, 0.5) is 0 Å². The smallest absolute Gasteiger partial charge is 0.374 e. The number of aromatic nitrogens is 1. The number of carbonyl (C=O) groups is 2. The molecule has 2 heterocycles. The van der Waals surface area contributed by atoms with Crippen LogP contribution in [0.2, 0.25) is 0 Å². The quantitative estimate of drug-likeness (QED) is 0.551. The van der Waals surface area contributed by atoms with E-state index in [0.29, 0.717) is 16.3 Å². The highest BCUT2D eigenvalue weighted by Gasteiger charge is 2.18. The summed E-state index contributed by atoms with van der Waals surface area (Å²) < 4.78 is 20.9. The molecule has 0 unspecified atom stereocenters. The van der Waals surface area contributed by atoms with Crippen molar-refractivity contribution in [2.45, 2.75) is 27.1 Å². The molecule has 28 heavy (non-hydrogen) atoms. The summed E-state index contributed by atoms with van der Waals surface area (Å²) in [4.78, 5) is 28.0. The predicted molar refractivity (Wildman–Crippen MR) is 102 cm³/mol. The lowest BCUT2D eigenvalue weighted by Crippen LogP contribution is -2.06. The Kier molecular flexibility index (Phi) is 6.10. The van der Waals surface area contributed by atoms with Crippen molar-refractivity contribution in [1.29, 1.82) is 0 Å². The molecule has 7 nitrogen and oxygen atoms in total. The molecule has 0 amide bonds. The Balaban J connectivity index is 1.54. The molecule has 146 valence electrons. The number of nitrogens with zero attached hydrogens (tertiary/aromatic N) is 1. The maximum absolute atomic E-state index is 12.2. The van der Waals surface area contributed by atoms with Crippen LogP contribution in [0.5, 0.6) is 5.75 Å². The molecule has 0 atom stereocenters. The van der Waals surface area contributed by atoms with Crippen LogP contribution in [0.1, 0.15) is 42.9 Å². The Morgan fingerprint density at radius 1 is 1.11 bits per heavy atom. The summed E-state index contributed by atoms with van der Waals surface area (Å²) in [7, 11) is 1.27. The number of ether oxygens (including phenoxy) is 3. The van der Waals surface area contributed by atoms with Gasteiger partial charge in [-0.25, -0.2) is 14.6 Å². The molecule has 3 aromatic rings. The van der Waals surface area contributed by atoms with Gasteiger partial charge in [0.05, 0.1) is 7.11 Å². The van der Waals surface area contributed by atoms with E-state index in [-0.39, 0.29) is 24.7 Å². The average Bonchev–Trinajstić information content (AvgIpc) is 3.32. The van der Waals surface area contributed by atoms with Crippen molar-refractivity contribution in [2.75, 3.05) is 7.11 Å². The highest BCUT2D eigenvalue weighted by atomic mass is 32.1. The van der Waals surface area contributed by atoms with Crippen molar-refractivity contribution in [3.05, 3.63) is 69.1 Å². The normalized spacial score (nSPS) is 10.5. The second kappa shape index (κ2) is 8.71. The summed E-state index contributed by atoms with van der Waals surface area (Å²) in [5, 5.41) is 2.28. The van der Waals surface area contributed by atoms with Gasteiger partial charge in [-0.05, 0) is 32.0 Å². The molecule has 1 aromatic carbocycles. The summed E-state index contributed by atoms with van der Waals surface area (Å²) in [5.41, 5.74) is 1.96. The van der Waals surface area contributed by atoms with Crippen molar-refractivity contribution in [2.24, 2.45) is 0 Å². The van der Waals surface area contributed by atoms with Crippen molar-refractivity contribution in [3.63, 3.8) is 0 Å². The molecule has 0 bridgehead atoms. The molecule has 0 aliphatic heterocycles. The van der Waals surface area contributed by atoms with E-state index < -0.39 is 11.9 Å². The lowest BCUT2D eigenvalue weighted by molar-refractivity contribution is 0.0432. The Morgan fingerprint density at radius 3 is 2.57 bits per heavy atom. The number of rotatable bonds is 7. The number of esters is 2. The summed E-state index contributed by atoms with van der Waals surface area (Å²) in [5.74, 6) is 0.0287. The van der Waals surface area contributed by atoms with Gasteiger partial charge in [-0.1, -0.05) is 17.7 Å². The largest absolute Gasteiger partial charge is 0.486 e. The number of furan rings is 1. The fraction of sp³-hybridized carbons (Fsp3) is 0.250. The molecule has 0 aliphatic rings. The van der Waals surface area contributed by atoms with Crippen LogP contribution in [0.25, 0.3) is 0 Å². The van der Waals surface area contributed by atoms with Crippen molar-refractivity contribution in [1.82, 2.24) is 4.98 Å². The second-order valence-corrected chi connectivity index (χ2v) is 6.96. The van der Waals surface area contributed by atoms with Crippen LogP contribution >= 0.6 is 11.3 Å². The zero-order valence-electron chi connectivity index (χ0n) is 15.7. The van der Waals surface area contributed by atoms with Gasteiger partial charge in [0.25, 0.3) is 0 Å². The number of aryl methyl sites for hydroxylation is 2. The van der Waals surface area contributed by atoms with E-state index in [4.69, 9.17) is 13.9 Å². The van der Waals surface area contributed by atoms with Crippen LogP contribution < -0.4 is 4.74 Å². The second-order valence-electron chi connectivity index (χ2n) is 6.02.